The van der Waals surface area contributed by atoms with E-state index in [0.29, 0.717) is 30.9 Å². The number of carbonyl (C=O) groups is 1. The van der Waals surface area contributed by atoms with E-state index in [0.717, 1.165) is 16.7 Å². The number of phenols is 2. The zero-order valence-corrected chi connectivity index (χ0v) is 17.9. The van der Waals surface area contributed by atoms with E-state index < -0.39 is 0 Å². The molecule has 1 aliphatic heterocycles. The lowest BCUT2D eigenvalue weighted by molar-refractivity contribution is -0.141. The van der Waals surface area contributed by atoms with Gasteiger partial charge in [-0.3, -0.25) is 4.79 Å². The van der Waals surface area contributed by atoms with E-state index in [4.69, 9.17) is 23.7 Å². The summed E-state index contributed by atoms with van der Waals surface area (Å²) in [5, 5.41) is 21.0. The Bertz CT molecular complexity index is 990. The van der Waals surface area contributed by atoms with Gasteiger partial charge in [0.25, 0.3) is 0 Å². The highest BCUT2D eigenvalue weighted by atomic mass is 16.5. The third-order valence-electron chi connectivity index (χ3n) is 6.27. The molecule has 2 aromatic carbocycles. The normalized spacial score (nSPS) is 21.7. The van der Waals surface area contributed by atoms with Gasteiger partial charge in [-0.15, -0.1) is 0 Å². The first-order chi connectivity index (χ1) is 14.9. The predicted molar refractivity (Wildman–Crippen MR) is 111 cm³/mol. The van der Waals surface area contributed by atoms with Gasteiger partial charge in [0.15, 0.2) is 23.0 Å². The van der Waals surface area contributed by atoms with E-state index in [-0.39, 0.29) is 46.7 Å². The molecule has 0 saturated carbocycles. The van der Waals surface area contributed by atoms with Crippen molar-refractivity contribution in [1.82, 2.24) is 0 Å². The van der Waals surface area contributed by atoms with Crippen molar-refractivity contribution >= 4 is 5.97 Å². The second-order valence-electron chi connectivity index (χ2n) is 7.81. The van der Waals surface area contributed by atoms with E-state index in [2.05, 4.69) is 0 Å². The summed E-state index contributed by atoms with van der Waals surface area (Å²) in [6.45, 7) is 0.354. The first-order valence-corrected chi connectivity index (χ1v) is 10.0. The number of benzene rings is 2. The van der Waals surface area contributed by atoms with Crippen molar-refractivity contribution in [2.24, 2.45) is 11.8 Å². The van der Waals surface area contributed by atoms with E-state index in [1.807, 2.05) is 0 Å². The molecule has 8 nitrogen and oxygen atoms in total. The Hall–Kier alpha value is -3.29. The van der Waals surface area contributed by atoms with Crippen LogP contribution in [0.2, 0.25) is 0 Å². The summed E-state index contributed by atoms with van der Waals surface area (Å²) in [6.07, 6.45) is 1.05. The van der Waals surface area contributed by atoms with Crippen molar-refractivity contribution < 1.29 is 38.7 Å². The number of carbonyl (C=O) groups excluding carboxylic acids is 1. The lowest BCUT2D eigenvalue weighted by atomic mass is 9.67. The SMILES string of the molecule is COc1cc(C[C@@H]2c3c(cc(OC)c(O)c3OC)C[C@@H]3COC(=O)[C@H]32)cc(OC)c1O. The van der Waals surface area contributed by atoms with Crippen molar-refractivity contribution in [3.63, 3.8) is 0 Å². The molecule has 2 aliphatic rings. The summed E-state index contributed by atoms with van der Waals surface area (Å²) in [7, 11) is 5.90. The molecule has 1 heterocycles. The average molecular weight is 430 g/mol. The monoisotopic (exact) mass is 430 g/mol. The van der Waals surface area contributed by atoms with Crippen LogP contribution in [0.4, 0.5) is 0 Å². The van der Waals surface area contributed by atoms with Crippen LogP contribution in [-0.2, 0) is 22.4 Å². The first-order valence-electron chi connectivity index (χ1n) is 10.0. The fraction of sp³-hybridized carbons (Fsp3) is 0.435. The van der Waals surface area contributed by atoms with Crippen molar-refractivity contribution in [3.8, 4) is 34.5 Å². The molecule has 1 aliphatic carbocycles. The van der Waals surface area contributed by atoms with Gasteiger partial charge < -0.3 is 33.9 Å². The molecule has 0 unspecified atom stereocenters. The molecule has 2 aromatic rings. The fourth-order valence-corrected chi connectivity index (χ4v) is 4.90. The van der Waals surface area contributed by atoms with Crippen LogP contribution in [-0.4, -0.2) is 51.2 Å². The van der Waals surface area contributed by atoms with Crippen molar-refractivity contribution in [2.75, 3.05) is 35.0 Å². The highest BCUT2D eigenvalue weighted by Gasteiger charge is 2.48. The number of aromatic hydroxyl groups is 2. The quantitative estimate of drug-likeness (QED) is 0.675. The Balaban J connectivity index is 1.87. The van der Waals surface area contributed by atoms with Crippen LogP contribution in [0.3, 0.4) is 0 Å². The third-order valence-corrected chi connectivity index (χ3v) is 6.27. The number of rotatable bonds is 6. The van der Waals surface area contributed by atoms with Crippen LogP contribution < -0.4 is 18.9 Å². The van der Waals surface area contributed by atoms with Gasteiger partial charge in [0.2, 0.25) is 11.5 Å². The number of methoxy groups -OCH3 is 4. The molecule has 0 amide bonds. The Morgan fingerprint density at radius 1 is 0.935 bits per heavy atom. The van der Waals surface area contributed by atoms with E-state index in [1.165, 1.54) is 28.4 Å². The van der Waals surface area contributed by atoms with Gasteiger partial charge in [-0.1, -0.05) is 0 Å². The maximum Gasteiger partial charge on any atom is 0.310 e. The van der Waals surface area contributed by atoms with Crippen LogP contribution in [0.1, 0.15) is 22.6 Å². The molecule has 2 N–H and O–H groups in total. The van der Waals surface area contributed by atoms with Gasteiger partial charge in [-0.2, -0.15) is 0 Å². The van der Waals surface area contributed by atoms with Crippen LogP contribution in [0.5, 0.6) is 34.5 Å². The maximum atomic E-state index is 12.7. The van der Waals surface area contributed by atoms with Gasteiger partial charge in [0.05, 0.1) is 41.0 Å². The highest BCUT2D eigenvalue weighted by Crippen LogP contribution is 2.53. The van der Waals surface area contributed by atoms with Gasteiger partial charge in [-0.25, -0.2) is 0 Å². The molecule has 166 valence electrons. The fourth-order valence-electron chi connectivity index (χ4n) is 4.90. The molecule has 1 saturated heterocycles. The summed E-state index contributed by atoms with van der Waals surface area (Å²) in [5.74, 6) is 0.0764. The molecular formula is C23H26O8. The third kappa shape index (κ3) is 3.36. The molecule has 31 heavy (non-hydrogen) atoms. The van der Waals surface area contributed by atoms with E-state index >= 15 is 0 Å². The first kappa shape index (κ1) is 21.0. The van der Waals surface area contributed by atoms with Crippen LogP contribution in [0, 0.1) is 11.8 Å². The Labute approximate surface area is 180 Å². The number of hydrogen-bond donors (Lipinski definition) is 2. The lowest BCUT2D eigenvalue weighted by Crippen LogP contribution is -2.32. The van der Waals surface area contributed by atoms with Crippen LogP contribution in [0.25, 0.3) is 0 Å². The minimum absolute atomic E-state index is 0.0184. The standard InChI is InChI=1S/C23H26O8/c1-27-15-6-11(7-16(28-2)20(15)24)5-14-18-12(8-13-10-31-23(26)19(13)14)9-17(29-3)21(25)22(18)30-4/h6-7,9,13-14,19,24-25H,5,8,10H2,1-4H3/t13-,14-,19-/m1/s1. The van der Waals surface area contributed by atoms with Gasteiger partial charge in [0.1, 0.15) is 0 Å². The molecule has 0 aromatic heterocycles. The number of hydrogen-bond acceptors (Lipinski definition) is 8. The molecule has 0 bridgehead atoms. The summed E-state index contributed by atoms with van der Waals surface area (Å²) in [5.41, 5.74) is 2.53. The predicted octanol–water partition coefficient (Wildman–Crippen LogP) is 2.80. The minimum atomic E-state index is -0.375. The molecule has 4 rings (SSSR count). The van der Waals surface area contributed by atoms with Crippen molar-refractivity contribution in [1.29, 1.82) is 0 Å². The molecule has 0 spiro atoms. The summed E-state index contributed by atoms with van der Waals surface area (Å²) < 4.78 is 26.9. The van der Waals surface area contributed by atoms with E-state index in [1.54, 1.807) is 18.2 Å². The average Bonchev–Trinajstić information content (AvgIpc) is 3.14. The summed E-state index contributed by atoms with van der Waals surface area (Å²) >= 11 is 0. The Morgan fingerprint density at radius 2 is 1.55 bits per heavy atom. The van der Waals surface area contributed by atoms with Crippen molar-refractivity contribution in [2.45, 2.75) is 18.8 Å². The zero-order valence-electron chi connectivity index (χ0n) is 17.9. The Morgan fingerprint density at radius 3 is 2.13 bits per heavy atom. The smallest absolute Gasteiger partial charge is 0.310 e. The second-order valence-corrected chi connectivity index (χ2v) is 7.81. The number of esters is 1. The number of ether oxygens (including phenoxy) is 5. The lowest BCUT2D eigenvalue weighted by Gasteiger charge is -2.34. The van der Waals surface area contributed by atoms with Gasteiger partial charge >= 0.3 is 5.97 Å². The molecular weight excluding hydrogens is 404 g/mol. The zero-order chi connectivity index (χ0) is 22.3. The maximum absolute atomic E-state index is 12.7. The van der Waals surface area contributed by atoms with Gasteiger partial charge in [0, 0.05) is 17.4 Å². The minimum Gasteiger partial charge on any atom is -0.502 e. The highest BCUT2D eigenvalue weighted by molar-refractivity contribution is 5.78. The summed E-state index contributed by atoms with van der Waals surface area (Å²) in [4.78, 5) is 12.7. The van der Waals surface area contributed by atoms with Gasteiger partial charge in [-0.05, 0) is 42.2 Å². The molecule has 8 heteroatoms. The molecule has 0 radical (unpaired) electrons. The van der Waals surface area contributed by atoms with E-state index in [9.17, 15) is 15.0 Å². The Kier molecular flexibility index (Phi) is 5.47. The van der Waals surface area contributed by atoms with Crippen LogP contribution in [0.15, 0.2) is 18.2 Å². The summed E-state index contributed by atoms with van der Waals surface area (Å²) in [6, 6.07) is 5.24. The second kappa shape index (κ2) is 8.09. The number of fused-ring (bicyclic) bond motifs is 2. The largest absolute Gasteiger partial charge is 0.502 e. The number of cyclic esters (lactones) is 1. The number of phenolic OH excluding ortho intramolecular Hbond substituents is 2. The topological polar surface area (TPSA) is 104 Å². The molecule has 1 fully saturated rings. The molecule has 3 atom stereocenters. The van der Waals surface area contributed by atoms with Crippen LogP contribution >= 0.6 is 0 Å². The van der Waals surface area contributed by atoms with Crippen molar-refractivity contribution in [3.05, 3.63) is 34.9 Å².